The lowest BCUT2D eigenvalue weighted by Crippen LogP contribution is -1.87. The van der Waals surface area contributed by atoms with Gasteiger partial charge in [0.2, 0.25) is 5.88 Å². The van der Waals surface area contributed by atoms with E-state index in [1.807, 2.05) is 0 Å². The first kappa shape index (κ1) is 10.8. The third kappa shape index (κ3) is 2.09. The molecule has 0 aliphatic carbocycles. The van der Waals surface area contributed by atoms with Crippen LogP contribution in [0.15, 0.2) is 36.5 Å². The molecule has 16 heavy (non-hydrogen) atoms. The fourth-order valence-electron chi connectivity index (χ4n) is 1.43. The fraction of sp³-hybridized carbons (Fsp3) is 0.0833. The summed E-state index contributed by atoms with van der Waals surface area (Å²) in [6.45, 7) is 0. The molecule has 3 nitrogen and oxygen atoms in total. The van der Waals surface area contributed by atoms with E-state index in [1.165, 1.54) is 0 Å². The van der Waals surface area contributed by atoms with Crippen LogP contribution in [0, 0.1) is 0 Å². The Morgan fingerprint density at radius 2 is 2.06 bits per heavy atom. The van der Waals surface area contributed by atoms with E-state index in [0.717, 1.165) is 5.56 Å². The first-order valence-corrected chi connectivity index (χ1v) is 5.07. The van der Waals surface area contributed by atoms with Crippen LogP contribution in [-0.2, 0) is 0 Å². The van der Waals surface area contributed by atoms with Gasteiger partial charge in [0.25, 0.3) is 0 Å². The van der Waals surface area contributed by atoms with Crippen LogP contribution in [0.3, 0.4) is 0 Å². The Labute approximate surface area is 98.3 Å². The highest BCUT2D eigenvalue weighted by Crippen LogP contribution is 2.32. The van der Waals surface area contributed by atoms with Gasteiger partial charge in [-0.1, -0.05) is 11.6 Å². The predicted molar refractivity (Wildman–Crippen MR) is 62.9 cm³/mol. The minimum Gasteiger partial charge on any atom is -0.507 e. The van der Waals surface area contributed by atoms with E-state index in [0.29, 0.717) is 16.5 Å². The summed E-state index contributed by atoms with van der Waals surface area (Å²) in [6.07, 6.45) is 1.62. The average molecular weight is 236 g/mol. The zero-order chi connectivity index (χ0) is 11.5. The molecule has 0 aliphatic heterocycles. The number of aromatic nitrogens is 1. The topological polar surface area (TPSA) is 42.4 Å². The van der Waals surface area contributed by atoms with Crippen LogP contribution in [-0.4, -0.2) is 17.2 Å². The molecule has 0 saturated heterocycles. The molecule has 1 aromatic heterocycles. The Bertz CT molecular complexity index is 514. The number of ether oxygens (including phenoxy) is 1. The summed E-state index contributed by atoms with van der Waals surface area (Å²) >= 11 is 5.88. The normalized spacial score (nSPS) is 10.1. The third-order valence-electron chi connectivity index (χ3n) is 2.21. The van der Waals surface area contributed by atoms with Crippen LogP contribution < -0.4 is 4.74 Å². The number of pyridine rings is 1. The van der Waals surface area contributed by atoms with E-state index in [9.17, 15) is 5.11 Å². The van der Waals surface area contributed by atoms with Crippen molar-refractivity contribution < 1.29 is 9.84 Å². The lowest BCUT2D eigenvalue weighted by atomic mass is 10.1. The van der Waals surface area contributed by atoms with Gasteiger partial charge in [-0.2, -0.15) is 0 Å². The van der Waals surface area contributed by atoms with Gasteiger partial charge < -0.3 is 9.84 Å². The molecule has 0 bridgehead atoms. The second kappa shape index (κ2) is 4.41. The number of aromatic hydroxyl groups is 1. The number of benzene rings is 1. The molecule has 0 saturated carbocycles. The minimum absolute atomic E-state index is 0.178. The number of hydrogen-bond donors (Lipinski definition) is 1. The van der Waals surface area contributed by atoms with Gasteiger partial charge in [0, 0.05) is 22.8 Å². The second-order valence-electron chi connectivity index (χ2n) is 3.25. The number of nitrogens with zero attached hydrogens (tertiary/aromatic N) is 1. The van der Waals surface area contributed by atoms with Crippen LogP contribution in [0.2, 0.25) is 5.02 Å². The van der Waals surface area contributed by atoms with Gasteiger partial charge in [-0.25, -0.2) is 4.98 Å². The largest absolute Gasteiger partial charge is 0.507 e. The van der Waals surface area contributed by atoms with Gasteiger partial charge in [-0.05, 0) is 29.8 Å². The number of hydrogen-bond acceptors (Lipinski definition) is 3. The molecule has 1 aromatic carbocycles. The lowest BCUT2D eigenvalue weighted by Gasteiger charge is -2.06. The molecular weight excluding hydrogens is 226 g/mol. The summed E-state index contributed by atoms with van der Waals surface area (Å²) < 4.78 is 5.02. The zero-order valence-corrected chi connectivity index (χ0v) is 9.40. The van der Waals surface area contributed by atoms with E-state index in [-0.39, 0.29) is 5.75 Å². The second-order valence-corrected chi connectivity index (χ2v) is 3.68. The highest BCUT2D eigenvalue weighted by atomic mass is 35.5. The van der Waals surface area contributed by atoms with Gasteiger partial charge in [-0.3, -0.25) is 0 Å². The van der Waals surface area contributed by atoms with Crippen molar-refractivity contribution in [2.45, 2.75) is 0 Å². The number of phenolic OH excluding ortho intramolecular Hbond substituents is 1. The summed E-state index contributed by atoms with van der Waals surface area (Å²) in [6, 6.07) is 8.42. The standard InChI is InChI=1S/C12H10ClNO2/c1-16-12-6-8(4-5-14-12)10-7-9(13)2-3-11(10)15/h2-7,15H,1H3. The fourth-order valence-corrected chi connectivity index (χ4v) is 1.60. The van der Waals surface area contributed by atoms with E-state index >= 15 is 0 Å². The molecule has 0 atom stereocenters. The summed E-state index contributed by atoms with van der Waals surface area (Å²) in [5.41, 5.74) is 1.47. The highest BCUT2D eigenvalue weighted by molar-refractivity contribution is 6.31. The maximum Gasteiger partial charge on any atom is 0.213 e. The summed E-state index contributed by atoms with van der Waals surface area (Å²) in [4.78, 5) is 4.00. The summed E-state index contributed by atoms with van der Waals surface area (Å²) in [5, 5.41) is 10.3. The predicted octanol–water partition coefficient (Wildman–Crippen LogP) is 3.12. The molecule has 0 aliphatic rings. The molecule has 0 radical (unpaired) electrons. The lowest BCUT2D eigenvalue weighted by molar-refractivity contribution is 0.398. The van der Waals surface area contributed by atoms with Crippen molar-refractivity contribution in [3.05, 3.63) is 41.6 Å². The quantitative estimate of drug-likeness (QED) is 0.870. The molecule has 1 heterocycles. The molecule has 0 unspecified atom stereocenters. The Morgan fingerprint density at radius 1 is 1.25 bits per heavy atom. The molecule has 0 spiro atoms. The van der Waals surface area contributed by atoms with Gasteiger partial charge in [0.05, 0.1) is 7.11 Å². The SMILES string of the molecule is COc1cc(-c2cc(Cl)ccc2O)ccn1. The smallest absolute Gasteiger partial charge is 0.213 e. The van der Waals surface area contributed by atoms with Crippen molar-refractivity contribution in [2.24, 2.45) is 0 Å². The molecule has 0 amide bonds. The van der Waals surface area contributed by atoms with Crippen LogP contribution in [0.25, 0.3) is 11.1 Å². The number of rotatable bonds is 2. The Hall–Kier alpha value is -1.74. The summed E-state index contributed by atoms with van der Waals surface area (Å²) in [7, 11) is 1.55. The molecule has 0 fully saturated rings. The number of phenols is 1. The highest BCUT2D eigenvalue weighted by Gasteiger charge is 2.06. The van der Waals surface area contributed by atoms with Crippen molar-refractivity contribution in [3.63, 3.8) is 0 Å². The zero-order valence-electron chi connectivity index (χ0n) is 8.64. The number of methoxy groups -OCH3 is 1. The van der Waals surface area contributed by atoms with Crippen LogP contribution in [0.5, 0.6) is 11.6 Å². The van der Waals surface area contributed by atoms with Crippen molar-refractivity contribution in [3.8, 4) is 22.8 Å². The van der Waals surface area contributed by atoms with Crippen molar-refractivity contribution >= 4 is 11.6 Å². The Morgan fingerprint density at radius 3 is 2.81 bits per heavy atom. The molecule has 4 heteroatoms. The van der Waals surface area contributed by atoms with Gasteiger partial charge >= 0.3 is 0 Å². The molecule has 1 N–H and O–H groups in total. The van der Waals surface area contributed by atoms with E-state index in [4.69, 9.17) is 16.3 Å². The van der Waals surface area contributed by atoms with Crippen LogP contribution >= 0.6 is 11.6 Å². The number of halogens is 1. The van der Waals surface area contributed by atoms with E-state index in [1.54, 1.807) is 43.6 Å². The summed E-state index contributed by atoms with van der Waals surface area (Å²) in [5.74, 6) is 0.675. The van der Waals surface area contributed by atoms with Crippen molar-refractivity contribution in [2.75, 3.05) is 7.11 Å². The van der Waals surface area contributed by atoms with Crippen molar-refractivity contribution in [1.82, 2.24) is 4.98 Å². The van der Waals surface area contributed by atoms with Gasteiger partial charge in [0.1, 0.15) is 5.75 Å². The Kier molecular flexibility index (Phi) is 2.97. The third-order valence-corrected chi connectivity index (χ3v) is 2.45. The van der Waals surface area contributed by atoms with E-state index in [2.05, 4.69) is 4.98 Å². The maximum atomic E-state index is 9.73. The first-order chi connectivity index (χ1) is 7.70. The van der Waals surface area contributed by atoms with Crippen LogP contribution in [0.1, 0.15) is 0 Å². The molecule has 2 rings (SSSR count). The maximum absolute atomic E-state index is 9.73. The first-order valence-electron chi connectivity index (χ1n) is 4.69. The van der Waals surface area contributed by atoms with Crippen molar-refractivity contribution in [1.29, 1.82) is 0 Å². The van der Waals surface area contributed by atoms with Gasteiger partial charge in [0.15, 0.2) is 0 Å². The minimum atomic E-state index is 0.178. The van der Waals surface area contributed by atoms with Crippen LogP contribution in [0.4, 0.5) is 0 Å². The molecule has 82 valence electrons. The van der Waals surface area contributed by atoms with E-state index < -0.39 is 0 Å². The van der Waals surface area contributed by atoms with Gasteiger partial charge in [-0.15, -0.1) is 0 Å². The average Bonchev–Trinajstić information content (AvgIpc) is 2.32. The molecule has 2 aromatic rings. The monoisotopic (exact) mass is 235 g/mol. The Balaban J connectivity index is 2.53. The molecular formula is C12H10ClNO2.